The number of H-pyrrole nitrogens is 1. The number of hydrogen-bond donors (Lipinski definition) is 1. The van der Waals surface area contributed by atoms with Crippen LogP contribution < -0.4 is 0 Å². The number of aromatic nitrogens is 3. The molecule has 0 bridgehead atoms. The van der Waals surface area contributed by atoms with Crippen LogP contribution in [-0.4, -0.2) is 63.2 Å². The Morgan fingerprint density at radius 2 is 1.71 bits per heavy atom. The zero-order chi connectivity index (χ0) is 21.5. The largest absolute Gasteiger partial charge is 0.338 e. The highest BCUT2D eigenvalue weighted by atomic mass is 35.5. The van der Waals surface area contributed by atoms with Gasteiger partial charge in [0.25, 0.3) is 5.91 Å². The third kappa shape index (κ3) is 3.93. The fraction of sp³-hybridized carbons (Fsp3) is 0.304. The minimum absolute atomic E-state index is 0.00129. The maximum absolute atomic E-state index is 12.9. The van der Waals surface area contributed by atoms with E-state index in [-0.39, 0.29) is 11.8 Å². The van der Waals surface area contributed by atoms with E-state index in [2.05, 4.69) is 15.4 Å². The van der Waals surface area contributed by atoms with Crippen molar-refractivity contribution in [2.45, 2.75) is 6.92 Å². The number of nitrogens with zero attached hydrogens (tertiary/aromatic N) is 4. The van der Waals surface area contributed by atoms with Crippen LogP contribution in [0.1, 0.15) is 21.5 Å². The van der Waals surface area contributed by atoms with Gasteiger partial charge in [-0.2, -0.15) is 15.4 Å². The van der Waals surface area contributed by atoms with Crippen LogP contribution >= 0.6 is 11.6 Å². The second kappa shape index (κ2) is 7.81. The van der Waals surface area contributed by atoms with Gasteiger partial charge in [-0.1, -0.05) is 17.7 Å². The van der Waals surface area contributed by atoms with Crippen LogP contribution in [-0.2, 0) is 4.79 Å². The number of halogens is 1. The summed E-state index contributed by atoms with van der Waals surface area (Å²) in [6.45, 7) is 4.66. The summed E-state index contributed by atoms with van der Waals surface area (Å²) in [5.74, 6) is 0.630. The molecule has 2 amide bonds. The van der Waals surface area contributed by atoms with E-state index in [4.69, 9.17) is 11.6 Å². The smallest absolute Gasteiger partial charge is 0.253 e. The van der Waals surface area contributed by atoms with E-state index < -0.39 is 0 Å². The number of hydrogen-bond acceptors (Lipinski definition) is 4. The van der Waals surface area contributed by atoms with Gasteiger partial charge < -0.3 is 9.80 Å². The van der Waals surface area contributed by atoms with E-state index in [9.17, 15) is 9.59 Å². The Balaban J connectivity index is 1.20. The third-order valence-corrected chi connectivity index (χ3v) is 6.35. The molecular weight excluding hydrogens is 414 g/mol. The van der Waals surface area contributed by atoms with Crippen molar-refractivity contribution in [1.82, 2.24) is 25.2 Å². The minimum Gasteiger partial charge on any atom is -0.338 e. The molecule has 2 aromatic carbocycles. The van der Waals surface area contributed by atoms with E-state index in [1.54, 1.807) is 24.3 Å². The summed E-state index contributed by atoms with van der Waals surface area (Å²) in [6, 6.07) is 11.1. The fourth-order valence-corrected chi connectivity index (χ4v) is 4.93. The number of aromatic amines is 1. The molecule has 2 aliphatic heterocycles. The molecule has 2 atom stereocenters. The van der Waals surface area contributed by atoms with Crippen molar-refractivity contribution in [1.29, 1.82) is 0 Å². The first-order chi connectivity index (χ1) is 15.0. The van der Waals surface area contributed by atoms with Crippen LogP contribution in [0.5, 0.6) is 0 Å². The van der Waals surface area contributed by atoms with E-state index in [1.165, 1.54) is 0 Å². The summed E-state index contributed by atoms with van der Waals surface area (Å²) < 4.78 is 0. The number of likely N-dealkylation sites (tertiary alicyclic amines) is 2. The summed E-state index contributed by atoms with van der Waals surface area (Å²) in [5.41, 5.74) is 4.02. The van der Waals surface area contributed by atoms with Gasteiger partial charge in [-0.15, -0.1) is 0 Å². The first kappa shape index (κ1) is 19.8. The maximum Gasteiger partial charge on any atom is 0.253 e. The second-order valence-electron chi connectivity index (χ2n) is 8.40. The van der Waals surface area contributed by atoms with Crippen molar-refractivity contribution in [3.8, 4) is 0 Å². The molecule has 0 spiro atoms. The molecule has 3 aromatic rings. The van der Waals surface area contributed by atoms with E-state index in [0.29, 0.717) is 54.1 Å². The highest BCUT2D eigenvalue weighted by Crippen LogP contribution is 2.32. The average molecular weight is 436 g/mol. The van der Waals surface area contributed by atoms with Crippen LogP contribution in [0, 0.1) is 18.8 Å². The van der Waals surface area contributed by atoms with Crippen molar-refractivity contribution in [2.75, 3.05) is 26.2 Å². The molecule has 0 saturated carbocycles. The predicted octanol–water partition coefficient (Wildman–Crippen LogP) is 3.16. The SMILES string of the molecule is Cc1cc(Cl)cc(/C=C/C(=O)N2CC3CN(C(=O)c4ccc5n[nH]nc5c4)CC3C2)c1. The molecule has 2 saturated heterocycles. The quantitative estimate of drug-likeness (QED) is 0.640. The Morgan fingerprint density at radius 1 is 1.00 bits per heavy atom. The lowest BCUT2D eigenvalue weighted by Gasteiger charge is -2.21. The lowest BCUT2D eigenvalue weighted by atomic mass is 10.0. The fourth-order valence-electron chi connectivity index (χ4n) is 4.63. The van der Waals surface area contributed by atoms with Crippen molar-refractivity contribution in [3.63, 3.8) is 0 Å². The van der Waals surface area contributed by atoms with Crippen LogP contribution in [0.25, 0.3) is 17.1 Å². The highest BCUT2D eigenvalue weighted by molar-refractivity contribution is 6.30. The Labute approximate surface area is 184 Å². The zero-order valence-electron chi connectivity index (χ0n) is 17.1. The van der Waals surface area contributed by atoms with Crippen LogP contribution in [0.2, 0.25) is 5.02 Å². The van der Waals surface area contributed by atoms with Gasteiger partial charge in [-0.3, -0.25) is 9.59 Å². The molecule has 5 rings (SSSR count). The normalized spacial score (nSPS) is 20.7. The number of benzene rings is 2. The summed E-state index contributed by atoms with van der Waals surface area (Å²) >= 11 is 6.09. The second-order valence-corrected chi connectivity index (χ2v) is 8.83. The van der Waals surface area contributed by atoms with Gasteiger partial charge >= 0.3 is 0 Å². The molecule has 31 heavy (non-hydrogen) atoms. The Hall–Kier alpha value is -3.19. The summed E-state index contributed by atoms with van der Waals surface area (Å²) in [4.78, 5) is 29.4. The molecule has 2 aliphatic rings. The lowest BCUT2D eigenvalue weighted by molar-refractivity contribution is -0.125. The summed E-state index contributed by atoms with van der Waals surface area (Å²) in [6.07, 6.45) is 3.42. The summed E-state index contributed by atoms with van der Waals surface area (Å²) in [5, 5.41) is 11.3. The molecule has 1 aromatic heterocycles. The van der Waals surface area contributed by atoms with E-state index in [0.717, 1.165) is 16.6 Å². The van der Waals surface area contributed by atoms with Gasteiger partial charge in [-0.25, -0.2) is 0 Å². The first-order valence-corrected chi connectivity index (χ1v) is 10.7. The van der Waals surface area contributed by atoms with Gasteiger partial charge in [-0.05, 0) is 54.5 Å². The topological polar surface area (TPSA) is 82.2 Å². The van der Waals surface area contributed by atoms with Crippen LogP contribution in [0.15, 0.2) is 42.5 Å². The predicted molar refractivity (Wildman–Crippen MR) is 119 cm³/mol. The van der Waals surface area contributed by atoms with Crippen LogP contribution in [0.4, 0.5) is 0 Å². The van der Waals surface area contributed by atoms with Gasteiger partial charge in [0.2, 0.25) is 5.91 Å². The van der Waals surface area contributed by atoms with Gasteiger partial charge in [0.15, 0.2) is 0 Å². The van der Waals surface area contributed by atoms with E-state index in [1.807, 2.05) is 41.0 Å². The van der Waals surface area contributed by atoms with E-state index >= 15 is 0 Å². The highest BCUT2D eigenvalue weighted by Gasteiger charge is 2.42. The molecule has 2 fully saturated rings. The lowest BCUT2D eigenvalue weighted by Crippen LogP contribution is -2.35. The van der Waals surface area contributed by atoms with Gasteiger partial charge in [0, 0.05) is 54.7 Å². The zero-order valence-corrected chi connectivity index (χ0v) is 17.8. The molecule has 1 N–H and O–H groups in total. The minimum atomic E-state index is 0.00129. The number of fused-ring (bicyclic) bond motifs is 2. The molecular formula is C23H22ClN5O2. The molecule has 3 heterocycles. The van der Waals surface area contributed by atoms with Gasteiger partial charge in [0.05, 0.1) is 0 Å². The molecule has 0 radical (unpaired) electrons. The number of carbonyl (C=O) groups is 2. The van der Waals surface area contributed by atoms with Gasteiger partial charge in [0.1, 0.15) is 11.0 Å². The molecule has 158 valence electrons. The first-order valence-electron chi connectivity index (χ1n) is 10.3. The average Bonchev–Trinajstić information content (AvgIpc) is 3.44. The Bertz CT molecular complexity index is 1170. The maximum atomic E-state index is 12.9. The molecule has 8 heteroatoms. The number of rotatable bonds is 3. The third-order valence-electron chi connectivity index (χ3n) is 6.13. The standard InChI is InChI=1S/C23H22ClN5O2/c1-14-6-15(8-19(24)7-14)2-5-22(30)28-10-17-12-29(13-18(17)11-28)23(31)16-3-4-20-21(9-16)26-27-25-20/h2-9,17-18H,10-13H2,1H3,(H,25,26,27)/b5-2+. The number of nitrogens with one attached hydrogen (secondary N) is 1. The number of aryl methyl sites for hydroxylation is 1. The van der Waals surface area contributed by atoms with Crippen molar-refractivity contribution < 1.29 is 9.59 Å². The molecule has 2 unspecified atom stereocenters. The monoisotopic (exact) mass is 435 g/mol. The summed E-state index contributed by atoms with van der Waals surface area (Å²) in [7, 11) is 0. The molecule has 0 aliphatic carbocycles. The van der Waals surface area contributed by atoms with Crippen molar-refractivity contribution in [2.24, 2.45) is 11.8 Å². The Morgan fingerprint density at radius 3 is 2.45 bits per heavy atom. The Kier molecular flexibility index (Phi) is 4.98. The number of amides is 2. The molecule has 7 nitrogen and oxygen atoms in total. The number of carbonyl (C=O) groups excluding carboxylic acids is 2. The van der Waals surface area contributed by atoms with Crippen molar-refractivity contribution in [3.05, 3.63) is 64.2 Å². The van der Waals surface area contributed by atoms with Crippen molar-refractivity contribution >= 4 is 40.5 Å². The van der Waals surface area contributed by atoms with Crippen LogP contribution in [0.3, 0.4) is 0 Å².